The van der Waals surface area contributed by atoms with Gasteiger partial charge < -0.3 is 29.2 Å². The molecule has 0 spiro atoms. The molecule has 3 aliphatic heterocycles. The van der Waals surface area contributed by atoms with Crippen molar-refractivity contribution < 1.29 is 29.2 Å². The van der Waals surface area contributed by atoms with Crippen LogP contribution in [-0.4, -0.2) is 108 Å². The third-order valence-electron chi connectivity index (χ3n) is 5.58. The first-order chi connectivity index (χ1) is 12.2. The summed E-state index contributed by atoms with van der Waals surface area (Å²) < 4.78 is 22.9. The Morgan fingerprint density at radius 2 is 0.923 bits per heavy atom. The van der Waals surface area contributed by atoms with Crippen molar-refractivity contribution in [1.82, 2.24) is 9.80 Å². The Balaban J connectivity index is 1.55. The highest BCUT2D eigenvalue weighted by Crippen LogP contribution is 2.24. The zero-order valence-electron chi connectivity index (χ0n) is 16.4. The maximum absolute atomic E-state index is 10.4. The van der Waals surface area contributed by atoms with Crippen LogP contribution in [0, 0.1) is 0 Å². The molecule has 0 aromatic carbocycles. The highest BCUT2D eigenvalue weighted by molar-refractivity contribution is 4.90. The Labute approximate surface area is 155 Å². The van der Waals surface area contributed by atoms with E-state index >= 15 is 0 Å². The van der Waals surface area contributed by atoms with E-state index < -0.39 is 23.8 Å². The lowest BCUT2D eigenvalue weighted by Crippen LogP contribution is -2.59. The quantitative estimate of drug-likeness (QED) is 0.677. The Bertz CT molecular complexity index is 425. The van der Waals surface area contributed by atoms with Crippen LogP contribution < -0.4 is 0 Å². The average Bonchev–Trinajstić information content (AvgIpc) is 2.81. The Morgan fingerprint density at radius 3 is 1.27 bits per heavy atom. The van der Waals surface area contributed by atoms with E-state index in [0.717, 1.165) is 26.2 Å². The van der Waals surface area contributed by atoms with Crippen LogP contribution in [0.15, 0.2) is 0 Å². The van der Waals surface area contributed by atoms with Gasteiger partial charge in [0, 0.05) is 26.2 Å². The monoisotopic (exact) mass is 374 g/mol. The van der Waals surface area contributed by atoms with Crippen molar-refractivity contribution in [2.24, 2.45) is 0 Å². The molecule has 4 atom stereocenters. The maximum Gasteiger partial charge on any atom is 0.162 e. The molecule has 3 rings (SSSR count). The molecule has 3 fully saturated rings. The van der Waals surface area contributed by atoms with Gasteiger partial charge in [0.2, 0.25) is 0 Å². The van der Waals surface area contributed by atoms with Gasteiger partial charge in [0.05, 0.1) is 50.7 Å². The number of hydrogen-bond acceptors (Lipinski definition) is 8. The van der Waals surface area contributed by atoms with E-state index in [1.807, 2.05) is 27.7 Å². The van der Waals surface area contributed by atoms with E-state index in [1.165, 1.54) is 0 Å². The standard InChI is InChI=1S/C18H34N2O6/c1-17(2)23-9-13(15(21)11-25-17)19-5-7-20(8-6-19)14-10-24-18(3,4)26-12-16(14)22/h13-16,21-22H,5-12H2,1-4H3. The summed E-state index contributed by atoms with van der Waals surface area (Å²) in [5.74, 6) is -1.32. The van der Waals surface area contributed by atoms with Crippen LogP contribution in [0.5, 0.6) is 0 Å². The molecular weight excluding hydrogens is 340 g/mol. The minimum absolute atomic E-state index is 0.0727. The maximum atomic E-state index is 10.4. The SMILES string of the molecule is CC1(C)OCC(O)C(N2CCN(C3COC(C)(C)OCC3O)CC2)CO1. The predicted octanol–water partition coefficient (Wildman–Crippen LogP) is -0.371. The summed E-state index contributed by atoms with van der Waals surface area (Å²) >= 11 is 0. The molecule has 3 saturated heterocycles. The molecule has 0 aromatic rings. The van der Waals surface area contributed by atoms with Gasteiger partial charge >= 0.3 is 0 Å². The Kier molecular flexibility index (Phi) is 6.26. The molecule has 8 heteroatoms. The Morgan fingerprint density at radius 1 is 0.615 bits per heavy atom. The van der Waals surface area contributed by atoms with Gasteiger partial charge in [0.15, 0.2) is 11.6 Å². The van der Waals surface area contributed by atoms with E-state index in [4.69, 9.17) is 18.9 Å². The number of rotatable bonds is 2. The van der Waals surface area contributed by atoms with Crippen molar-refractivity contribution in [3.05, 3.63) is 0 Å². The first-order valence-electron chi connectivity index (χ1n) is 9.57. The summed E-state index contributed by atoms with van der Waals surface area (Å²) in [5.41, 5.74) is 0. The molecule has 2 N–H and O–H groups in total. The van der Waals surface area contributed by atoms with Crippen molar-refractivity contribution in [2.45, 2.75) is 63.6 Å². The molecule has 0 aliphatic carbocycles. The second-order valence-electron chi connectivity index (χ2n) is 8.39. The summed E-state index contributed by atoms with van der Waals surface area (Å²) in [6.07, 6.45) is -1.13. The van der Waals surface area contributed by atoms with Crippen LogP contribution in [0.1, 0.15) is 27.7 Å². The largest absolute Gasteiger partial charge is 0.389 e. The smallest absolute Gasteiger partial charge is 0.162 e. The normalized spacial score (nSPS) is 39.9. The summed E-state index contributed by atoms with van der Waals surface area (Å²) in [7, 11) is 0. The number of hydrogen-bond donors (Lipinski definition) is 2. The van der Waals surface area contributed by atoms with E-state index in [2.05, 4.69) is 9.80 Å². The highest BCUT2D eigenvalue weighted by Gasteiger charge is 2.39. The summed E-state index contributed by atoms with van der Waals surface area (Å²) in [6.45, 7) is 12.2. The zero-order chi connectivity index (χ0) is 18.9. The van der Waals surface area contributed by atoms with Crippen molar-refractivity contribution in [3.8, 4) is 0 Å². The number of nitrogens with zero attached hydrogens (tertiary/aromatic N) is 2. The summed E-state index contributed by atoms with van der Waals surface area (Å²) in [4.78, 5) is 4.52. The molecular formula is C18H34N2O6. The Hall–Kier alpha value is -0.320. The molecule has 3 aliphatic rings. The zero-order valence-corrected chi connectivity index (χ0v) is 16.4. The van der Waals surface area contributed by atoms with Crippen LogP contribution in [0.4, 0.5) is 0 Å². The number of aliphatic hydroxyl groups excluding tert-OH is 2. The summed E-state index contributed by atoms with van der Waals surface area (Å²) in [5, 5.41) is 20.9. The lowest BCUT2D eigenvalue weighted by Gasteiger charge is -2.43. The number of aliphatic hydroxyl groups is 2. The molecule has 0 bridgehead atoms. The molecule has 26 heavy (non-hydrogen) atoms. The molecule has 8 nitrogen and oxygen atoms in total. The fourth-order valence-electron chi connectivity index (χ4n) is 3.77. The molecule has 0 saturated carbocycles. The van der Waals surface area contributed by atoms with E-state index in [9.17, 15) is 10.2 Å². The number of piperazine rings is 1. The van der Waals surface area contributed by atoms with E-state index in [1.54, 1.807) is 0 Å². The number of ether oxygens (including phenoxy) is 4. The van der Waals surface area contributed by atoms with Gasteiger partial charge in [-0.25, -0.2) is 0 Å². The van der Waals surface area contributed by atoms with Crippen LogP contribution in [-0.2, 0) is 18.9 Å². The molecule has 0 aromatic heterocycles. The lowest BCUT2D eigenvalue weighted by molar-refractivity contribution is -0.205. The van der Waals surface area contributed by atoms with Gasteiger partial charge in [-0.15, -0.1) is 0 Å². The van der Waals surface area contributed by atoms with Crippen molar-refractivity contribution >= 4 is 0 Å². The van der Waals surface area contributed by atoms with Gasteiger partial charge in [-0.3, -0.25) is 9.80 Å². The molecule has 152 valence electrons. The van der Waals surface area contributed by atoms with E-state index in [-0.39, 0.29) is 25.3 Å². The fourth-order valence-corrected chi connectivity index (χ4v) is 3.77. The minimum atomic E-state index is -0.661. The van der Waals surface area contributed by atoms with Crippen molar-refractivity contribution in [3.63, 3.8) is 0 Å². The third-order valence-corrected chi connectivity index (χ3v) is 5.58. The van der Waals surface area contributed by atoms with Crippen LogP contribution in [0.25, 0.3) is 0 Å². The molecule has 0 radical (unpaired) electrons. The van der Waals surface area contributed by atoms with Crippen LogP contribution >= 0.6 is 0 Å². The molecule has 0 amide bonds. The predicted molar refractivity (Wildman–Crippen MR) is 94.7 cm³/mol. The first-order valence-corrected chi connectivity index (χ1v) is 9.57. The first kappa shape index (κ1) is 20.4. The van der Waals surface area contributed by atoms with Gasteiger partial charge in [-0.2, -0.15) is 0 Å². The second kappa shape index (κ2) is 7.97. The molecule has 3 heterocycles. The molecule has 4 unspecified atom stereocenters. The van der Waals surface area contributed by atoms with E-state index in [0.29, 0.717) is 13.2 Å². The van der Waals surface area contributed by atoms with Crippen LogP contribution in [0.3, 0.4) is 0 Å². The lowest BCUT2D eigenvalue weighted by atomic mass is 10.1. The summed E-state index contributed by atoms with van der Waals surface area (Å²) in [6, 6.07) is -0.145. The average molecular weight is 374 g/mol. The van der Waals surface area contributed by atoms with Gasteiger partial charge in [0.25, 0.3) is 0 Å². The van der Waals surface area contributed by atoms with Crippen molar-refractivity contribution in [2.75, 3.05) is 52.6 Å². The minimum Gasteiger partial charge on any atom is -0.389 e. The third kappa shape index (κ3) is 4.94. The fraction of sp³-hybridized carbons (Fsp3) is 1.00. The van der Waals surface area contributed by atoms with Crippen molar-refractivity contribution in [1.29, 1.82) is 0 Å². The van der Waals surface area contributed by atoms with Gasteiger partial charge in [-0.1, -0.05) is 0 Å². The van der Waals surface area contributed by atoms with Gasteiger partial charge in [-0.05, 0) is 27.7 Å². The second-order valence-corrected chi connectivity index (χ2v) is 8.39. The topological polar surface area (TPSA) is 83.9 Å². The van der Waals surface area contributed by atoms with Crippen LogP contribution in [0.2, 0.25) is 0 Å². The highest BCUT2D eigenvalue weighted by atomic mass is 16.7. The van der Waals surface area contributed by atoms with Gasteiger partial charge in [0.1, 0.15) is 0 Å².